The van der Waals surface area contributed by atoms with Gasteiger partial charge in [-0.25, -0.2) is 4.79 Å². The number of hydrogen-bond donors (Lipinski definition) is 3. The number of carbonyl (C=O) groups is 2. The number of urea groups is 1. The second kappa shape index (κ2) is 5.67. The van der Waals surface area contributed by atoms with E-state index in [9.17, 15) is 9.59 Å². The SMILES string of the molecule is CC1CCNCC1OCC(=O)NC(N)=O. The molecule has 0 aromatic carbocycles. The lowest BCUT2D eigenvalue weighted by molar-refractivity contribution is -0.127. The molecule has 6 heteroatoms. The molecule has 0 saturated carbocycles. The molecule has 0 aliphatic carbocycles. The fourth-order valence-corrected chi connectivity index (χ4v) is 1.54. The molecule has 2 unspecified atom stereocenters. The van der Waals surface area contributed by atoms with Crippen molar-refractivity contribution in [3.63, 3.8) is 0 Å². The minimum absolute atomic E-state index is 0.0253. The first-order valence-corrected chi connectivity index (χ1v) is 5.01. The Hall–Kier alpha value is -1.14. The molecule has 3 amide bonds. The van der Waals surface area contributed by atoms with Crippen molar-refractivity contribution < 1.29 is 14.3 Å². The number of imide groups is 1. The van der Waals surface area contributed by atoms with Gasteiger partial charge in [0.15, 0.2) is 0 Å². The van der Waals surface area contributed by atoms with Gasteiger partial charge in [0.1, 0.15) is 6.61 Å². The first-order chi connectivity index (χ1) is 7.09. The molecule has 2 atom stereocenters. The number of primary amides is 1. The van der Waals surface area contributed by atoms with Crippen LogP contribution in [-0.2, 0) is 9.53 Å². The number of piperidine rings is 1. The van der Waals surface area contributed by atoms with E-state index in [2.05, 4.69) is 12.2 Å². The summed E-state index contributed by atoms with van der Waals surface area (Å²) in [4.78, 5) is 21.4. The van der Waals surface area contributed by atoms with Gasteiger partial charge >= 0.3 is 6.03 Å². The van der Waals surface area contributed by atoms with Crippen LogP contribution < -0.4 is 16.4 Å². The molecule has 0 bridgehead atoms. The Kier molecular flexibility index (Phi) is 4.51. The maximum Gasteiger partial charge on any atom is 0.318 e. The highest BCUT2D eigenvalue weighted by Gasteiger charge is 2.22. The van der Waals surface area contributed by atoms with E-state index in [4.69, 9.17) is 10.5 Å². The summed E-state index contributed by atoms with van der Waals surface area (Å²) in [5, 5.41) is 5.13. The second-order valence-electron chi connectivity index (χ2n) is 3.73. The largest absolute Gasteiger partial charge is 0.367 e. The number of amides is 3. The quantitative estimate of drug-likeness (QED) is 0.574. The molecule has 1 rings (SSSR count). The summed E-state index contributed by atoms with van der Waals surface area (Å²) >= 11 is 0. The molecule has 4 N–H and O–H groups in total. The fourth-order valence-electron chi connectivity index (χ4n) is 1.54. The van der Waals surface area contributed by atoms with Gasteiger partial charge in [-0.3, -0.25) is 10.1 Å². The molecule has 1 aliphatic heterocycles. The van der Waals surface area contributed by atoms with Crippen LogP contribution in [0.15, 0.2) is 0 Å². The van der Waals surface area contributed by atoms with Crippen molar-refractivity contribution in [3.8, 4) is 0 Å². The Labute approximate surface area is 88.5 Å². The maximum absolute atomic E-state index is 11.0. The molecule has 1 heterocycles. The van der Waals surface area contributed by atoms with E-state index >= 15 is 0 Å². The zero-order valence-electron chi connectivity index (χ0n) is 8.79. The molecule has 0 aromatic rings. The summed E-state index contributed by atoms with van der Waals surface area (Å²) in [6.45, 7) is 3.68. The van der Waals surface area contributed by atoms with Gasteiger partial charge in [0, 0.05) is 6.54 Å². The third-order valence-corrected chi connectivity index (χ3v) is 2.45. The zero-order valence-corrected chi connectivity index (χ0v) is 8.79. The van der Waals surface area contributed by atoms with Crippen LogP contribution in [0, 0.1) is 5.92 Å². The van der Waals surface area contributed by atoms with E-state index in [1.54, 1.807) is 0 Å². The van der Waals surface area contributed by atoms with E-state index in [0.29, 0.717) is 5.92 Å². The standard InChI is InChI=1S/C9H17N3O3/c1-6-2-3-11-4-7(6)15-5-8(13)12-9(10)14/h6-7,11H,2-5H2,1H3,(H3,10,12,13,14). The van der Waals surface area contributed by atoms with Crippen LogP contribution in [0.4, 0.5) is 4.79 Å². The first-order valence-electron chi connectivity index (χ1n) is 5.01. The third-order valence-electron chi connectivity index (χ3n) is 2.45. The van der Waals surface area contributed by atoms with Crippen molar-refractivity contribution in [2.24, 2.45) is 11.7 Å². The Morgan fingerprint density at radius 1 is 1.60 bits per heavy atom. The lowest BCUT2D eigenvalue weighted by atomic mass is 9.97. The van der Waals surface area contributed by atoms with Gasteiger partial charge in [-0.2, -0.15) is 0 Å². The zero-order chi connectivity index (χ0) is 11.3. The predicted octanol–water partition coefficient (Wildman–Crippen LogP) is -0.804. The average Bonchev–Trinajstić information content (AvgIpc) is 2.15. The highest BCUT2D eigenvalue weighted by Crippen LogP contribution is 2.14. The first kappa shape index (κ1) is 11.9. The minimum atomic E-state index is -0.849. The number of ether oxygens (including phenoxy) is 1. The van der Waals surface area contributed by atoms with E-state index in [1.807, 2.05) is 5.32 Å². The minimum Gasteiger partial charge on any atom is -0.367 e. The molecule has 1 saturated heterocycles. The summed E-state index contributed by atoms with van der Waals surface area (Å²) < 4.78 is 5.38. The lowest BCUT2D eigenvalue weighted by Crippen LogP contribution is -2.44. The topological polar surface area (TPSA) is 93.4 Å². The number of hydrogen-bond acceptors (Lipinski definition) is 4. The Bertz CT molecular complexity index is 245. The molecule has 1 fully saturated rings. The van der Waals surface area contributed by atoms with Crippen LogP contribution in [-0.4, -0.2) is 37.7 Å². The molecule has 1 aliphatic rings. The maximum atomic E-state index is 11.0. The van der Waals surface area contributed by atoms with E-state index in [0.717, 1.165) is 19.5 Å². The Morgan fingerprint density at radius 3 is 2.93 bits per heavy atom. The average molecular weight is 215 g/mol. The van der Waals surface area contributed by atoms with Gasteiger partial charge in [-0.1, -0.05) is 6.92 Å². The second-order valence-corrected chi connectivity index (χ2v) is 3.73. The van der Waals surface area contributed by atoms with E-state index < -0.39 is 11.9 Å². The Balaban J connectivity index is 2.23. The highest BCUT2D eigenvalue weighted by atomic mass is 16.5. The lowest BCUT2D eigenvalue weighted by Gasteiger charge is -2.29. The van der Waals surface area contributed by atoms with Crippen LogP contribution in [0.1, 0.15) is 13.3 Å². The summed E-state index contributed by atoms with van der Waals surface area (Å²) in [6, 6.07) is -0.849. The van der Waals surface area contributed by atoms with Gasteiger partial charge in [0.25, 0.3) is 5.91 Å². The molecule has 0 aromatic heterocycles. The van der Waals surface area contributed by atoms with Crippen LogP contribution in [0.3, 0.4) is 0 Å². The van der Waals surface area contributed by atoms with Gasteiger partial charge in [0.05, 0.1) is 6.10 Å². The number of rotatable bonds is 3. The molecule has 86 valence electrons. The smallest absolute Gasteiger partial charge is 0.318 e. The number of carbonyl (C=O) groups excluding carboxylic acids is 2. The summed E-state index contributed by atoms with van der Waals surface area (Å²) in [5.41, 5.74) is 4.79. The molecule has 6 nitrogen and oxygen atoms in total. The highest BCUT2D eigenvalue weighted by molar-refractivity contribution is 5.94. The van der Waals surface area contributed by atoms with Crippen LogP contribution in [0.25, 0.3) is 0 Å². The van der Waals surface area contributed by atoms with Gasteiger partial charge < -0.3 is 15.8 Å². The van der Waals surface area contributed by atoms with E-state index in [-0.39, 0.29) is 12.7 Å². The van der Waals surface area contributed by atoms with Gasteiger partial charge in [-0.05, 0) is 18.9 Å². The molecule has 0 spiro atoms. The van der Waals surface area contributed by atoms with Crippen molar-refractivity contribution in [1.82, 2.24) is 10.6 Å². The molecule has 15 heavy (non-hydrogen) atoms. The van der Waals surface area contributed by atoms with Gasteiger partial charge in [-0.15, -0.1) is 0 Å². The molecular formula is C9H17N3O3. The Morgan fingerprint density at radius 2 is 2.33 bits per heavy atom. The monoisotopic (exact) mass is 215 g/mol. The van der Waals surface area contributed by atoms with Crippen LogP contribution in [0.5, 0.6) is 0 Å². The van der Waals surface area contributed by atoms with Crippen molar-refractivity contribution >= 4 is 11.9 Å². The summed E-state index contributed by atoms with van der Waals surface area (Å²) in [7, 11) is 0. The number of nitrogens with two attached hydrogens (primary N) is 1. The van der Waals surface area contributed by atoms with Crippen molar-refractivity contribution in [2.45, 2.75) is 19.4 Å². The van der Waals surface area contributed by atoms with Gasteiger partial charge in [0.2, 0.25) is 0 Å². The number of nitrogens with one attached hydrogen (secondary N) is 2. The molecule has 0 radical (unpaired) electrons. The normalized spacial score (nSPS) is 25.9. The fraction of sp³-hybridized carbons (Fsp3) is 0.778. The third kappa shape index (κ3) is 4.26. The van der Waals surface area contributed by atoms with Crippen LogP contribution in [0.2, 0.25) is 0 Å². The van der Waals surface area contributed by atoms with Crippen molar-refractivity contribution in [1.29, 1.82) is 0 Å². The van der Waals surface area contributed by atoms with E-state index in [1.165, 1.54) is 0 Å². The summed E-state index contributed by atoms with van der Waals surface area (Å²) in [5.74, 6) is -0.0760. The molecular weight excluding hydrogens is 198 g/mol. The van der Waals surface area contributed by atoms with Crippen molar-refractivity contribution in [2.75, 3.05) is 19.7 Å². The summed E-state index contributed by atoms with van der Waals surface area (Å²) in [6.07, 6.45) is 1.06. The van der Waals surface area contributed by atoms with Crippen molar-refractivity contribution in [3.05, 3.63) is 0 Å². The van der Waals surface area contributed by atoms with Crippen LogP contribution >= 0.6 is 0 Å². The predicted molar refractivity (Wildman–Crippen MR) is 54.1 cm³/mol.